The number of urea groups is 1. The van der Waals surface area contributed by atoms with E-state index in [4.69, 9.17) is 4.74 Å². The van der Waals surface area contributed by atoms with E-state index in [0.717, 1.165) is 51.4 Å². The Hall–Kier alpha value is -2.63. The molecule has 2 aliphatic rings. The number of rotatable bonds is 5. The van der Waals surface area contributed by atoms with Crippen molar-refractivity contribution in [3.05, 3.63) is 76.4 Å². The molecule has 1 saturated heterocycles. The van der Waals surface area contributed by atoms with E-state index >= 15 is 0 Å². The summed E-state index contributed by atoms with van der Waals surface area (Å²) in [5.74, 6) is 0. The first-order valence-corrected chi connectivity index (χ1v) is 11.7. The molecule has 2 aromatic carbocycles. The highest BCUT2D eigenvalue weighted by molar-refractivity contribution is 5.77. The summed E-state index contributed by atoms with van der Waals surface area (Å²) in [5.41, 5.74) is 7.69. The minimum atomic E-state index is -0.0365. The molecule has 0 saturated carbocycles. The smallest absolute Gasteiger partial charge is 0.318 e. The maximum atomic E-state index is 13.2. The lowest BCUT2D eigenvalue weighted by atomic mass is 9.93. The number of morpholine rings is 1. The predicted molar refractivity (Wildman–Crippen MR) is 130 cm³/mol. The monoisotopic (exact) mass is 433 g/mol. The third-order valence-corrected chi connectivity index (χ3v) is 6.77. The zero-order chi connectivity index (χ0) is 22.5. The molecule has 1 fully saturated rings. The van der Waals surface area contributed by atoms with Gasteiger partial charge in [-0.25, -0.2) is 4.79 Å². The standard InChI is InChI=1S/C27H35N3O2/c1-20-7-9-24(10-8-20)26(19-29-15-17-32-18-16-29)28-27(31)30-13-11-23(12-14-30)25-6-4-5-21(2)22(25)3/h4-11,26H,12-19H2,1-3H3,(H,28,31). The highest BCUT2D eigenvalue weighted by Gasteiger charge is 2.24. The van der Waals surface area contributed by atoms with Gasteiger partial charge in [0.2, 0.25) is 0 Å². The number of nitrogens with zero attached hydrogens (tertiary/aromatic N) is 2. The fourth-order valence-electron chi connectivity index (χ4n) is 4.51. The van der Waals surface area contributed by atoms with E-state index in [2.05, 4.69) is 79.5 Å². The van der Waals surface area contributed by atoms with Gasteiger partial charge in [0.25, 0.3) is 0 Å². The molecule has 0 spiro atoms. The van der Waals surface area contributed by atoms with Crippen LogP contribution < -0.4 is 5.32 Å². The molecule has 2 aromatic rings. The van der Waals surface area contributed by atoms with Gasteiger partial charge in [-0.05, 0) is 55.0 Å². The van der Waals surface area contributed by atoms with Gasteiger partial charge in [0.05, 0.1) is 19.3 Å². The zero-order valence-electron chi connectivity index (χ0n) is 19.6. The van der Waals surface area contributed by atoms with Crippen LogP contribution in [0.25, 0.3) is 5.57 Å². The molecule has 1 N–H and O–H groups in total. The van der Waals surface area contributed by atoms with Crippen LogP contribution in [0, 0.1) is 20.8 Å². The van der Waals surface area contributed by atoms with Crippen molar-refractivity contribution >= 4 is 11.6 Å². The SMILES string of the molecule is Cc1ccc(C(CN2CCOCC2)NC(=O)N2CC=C(c3cccc(C)c3C)CC2)cc1. The molecule has 2 heterocycles. The first kappa shape index (κ1) is 22.6. The Morgan fingerprint density at radius 1 is 1.03 bits per heavy atom. The molecule has 0 aliphatic carbocycles. The Morgan fingerprint density at radius 3 is 2.47 bits per heavy atom. The van der Waals surface area contributed by atoms with Crippen LogP contribution in [0.1, 0.15) is 40.3 Å². The van der Waals surface area contributed by atoms with Gasteiger partial charge in [0.15, 0.2) is 0 Å². The van der Waals surface area contributed by atoms with Gasteiger partial charge in [0, 0.05) is 32.7 Å². The molecule has 1 atom stereocenters. The van der Waals surface area contributed by atoms with E-state index in [0.29, 0.717) is 6.54 Å². The van der Waals surface area contributed by atoms with Crippen molar-refractivity contribution in [2.75, 3.05) is 45.9 Å². The Morgan fingerprint density at radius 2 is 1.78 bits per heavy atom. The minimum absolute atomic E-state index is 0.0140. The maximum Gasteiger partial charge on any atom is 0.318 e. The molecular weight excluding hydrogens is 398 g/mol. The van der Waals surface area contributed by atoms with Crippen molar-refractivity contribution in [2.45, 2.75) is 33.2 Å². The van der Waals surface area contributed by atoms with Crippen molar-refractivity contribution in [2.24, 2.45) is 0 Å². The third kappa shape index (κ3) is 5.40. The number of nitrogens with one attached hydrogen (secondary N) is 1. The van der Waals surface area contributed by atoms with Gasteiger partial charge in [-0.2, -0.15) is 0 Å². The summed E-state index contributed by atoms with van der Waals surface area (Å²) in [4.78, 5) is 17.5. The zero-order valence-corrected chi connectivity index (χ0v) is 19.6. The van der Waals surface area contributed by atoms with Crippen molar-refractivity contribution in [1.29, 1.82) is 0 Å². The number of aryl methyl sites for hydroxylation is 2. The largest absolute Gasteiger partial charge is 0.379 e. The van der Waals surface area contributed by atoms with E-state index < -0.39 is 0 Å². The summed E-state index contributed by atoms with van der Waals surface area (Å²) in [6, 6.07) is 15.0. The lowest BCUT2D eigenvalue weighted by Crippen LogP contribution is -2.47. The molecule has 32 heavy (non-hydrogen) atoms. The molecule has 2 aliphatic heterocycles. The second kappa shape index (κ2) is 10.3. The molecule has 0 radical (unpaired) electrons. The molecule has 2 amide bonds. The Labute approximate surface area is 192 Å². The Bertz CT molecular complexity index is 961. The fraction of sp³-hybridized carbons (Fsp3) is 0.444. The molecule has 0 bridgehead atoms. The van der Waals surface area contributed by atoms with E-state index in [1.54, 1.807) is 0 Å². The van der Waals surface area contributed by atoms with Crippen LogP contribution in [0.4, 0.5) is 4.79 Å². The first-order chi connectivity index (χ1) is 15.5. The molecule has 4 rings (SSSR count). The average molecular weight is 434 g/mol. The highest BCUT2D eigenvalue weighted by Crippen LogP contribution is 2.27. The minimum Gasteiger partial charge on any atom is -0.379 e. The van der Waals surface area contributed by atoms with Gasteiger partial charge in [-0.15, -0.1) is 0 Å². The fourth-order valence-corrected chi connectivity index (χ4v) is 4.51. The Kier molecular flexibility index (Phi) is 7.28. The topological polar surface area (TPSA) is 44.8 Å². The van der Waals surface area contributed by atoms with Crippen LogP contribution in [0.2, 0.25) is 0 Å². The normalized spacial score (nSPS) is 18.2. The van der Waals surface area contributed by atoms with E-state index in [1.165, 1.54) is 27.8 Å². The van der Waals surface area contributed by atoms with E-state index in [1.807, 2.05) is 4.90 Å². The summed E-state index contributed by atoms with van der Waals surface area (Å²) in [6.07, 6.45) is 3.10. The van der Waals surface area contributed by atoms with Crippen molar-refractivity contribution in [3.63, 3.8) is 0 Å². The number of benzene rings is 2. The van der Waals surface area contributed by atoms with Crippen molar-refractivity contribution in [3.8, 4) is 0 Å². The average Bonchev–Trinajstić information content (AvgIpc) is 2.82. The summed E-state index contributed by atoms with van der Waals surface area (Å²) in [6.45, 7) is 11.9. The van der Waals surface area contributed by atoms with Crippen LogP contribution in [0.5, 0.6) is 0 Å². The maximum absolute atomic E-state index is 13.2. The van der Waals surface area contributed by atoms with Crippen LogP contribution >= 0.6 is 0 Å². The quantitative estimate of drug-likeness (QED) is 0.756. The van der Waals surface area contributed by atoms with Gasteiger partial charge >= 0.3 is 6.03 Å². The second-order valence-corrected chi connectivity index (χ2v) is 9.00. The molecule has 1 unspecified atom stereocenters. The van der Waals surface area contributed by atoms with Gasteiger partial charge < -0.3 is 15.0 Å². The molecule has 5 nitrogen and oxygen atoms in total. The van der Waals surface area contributed by atoms with Gasteiger partial charge in [-0.3, -0.25) is 4.90 Å². The van der Waals surface area contributed by atoms with Crippen LogP contribution in [0.3, 0.4) is 0 Å². The first-order valence-electron chi connectivity index (χ1n) is 11.7. The number of amides is 2. The summed E-state index contributed by atoms with van der Waals surface area (Å²) >= 11 is 0. The number of hydrogen-bond donors (Lipinski definition) is 1. The predicted octanol–water partition coefficient (Wildman–Crippen LogP) is 4.48. The molecule has 5 heteroatoms. The third-order valence-electron chi connectivity index (χ3n) is 6.77. The number of ether oxygens (including phenoxy) is 1. The van der Waals surface area contributed by atoms with Gasteiger partial charge in [0.1, 0.15) is 0 Å². The number of carbonyl (C=O) groups is 1. The second-order valence-electron chi connectivity index (χ2n) is 9.00. The van der Waals surface area contributed by atoms with Crippen LogP contribution in [0.15, 0.2) is 48.5 Å². The molecule has 170 valence electrons. The lowest BCUT2D eigenvalue weighted by molar-refractivity contribution is 0.0337. The highest BCUT2D eigenvalue weighted by atomic mass is 16.5. The molecular formula is C27H35N3O2. The van der Waals surface area contributed by atoms with Gasteiger partial charge in [-0.1, -0.05) is 54.1 Å². The van der Waals surface area contributed by atoms with Crippen molar-refractivity contribution < 1.29 is 9.53 Å². The summed E-state index contributed by atoms with van der Waals surface area (Å²) < 4.78 is 5.50. The van der Waals surface area contributed by atoms with E-state index in [-0.39, 0.29) is 12.1 Å². The van der Waals surface area contributed by atoms with Crippen molar-refractivity contribution in [1.82, 2.24) is 15.1 Å². The van der Waals surface area contributed by atoms with E-state index in [9.17, 15) is 4.79 Å². The number of hydrogen-bond acceptors (Lipinski definition) is 3. The van der Waals surface area contributed by atoms with Crippen LogP contribution in [-0.4, -0.2) is 61.8 Å². The lowest BCUT2D eigenvalue weighted by Gasteiger charge is -2.33. The summed E-state index contributed by atoms with van der Waals surface area (Å²) in [7, 11) is 0. The van der Waals surface area contributed by atoms with Crippen LogP contribution in [-0.2, 0) is 4.74 Å². The number of carbonyl (C=O) groups excluding carboxylic acids is 1. The molecule has 0 aromatic heterocycles. The Balaban J connectivity index is 1.44. The summed E-state index contributed by atoms with van der Waals surface area (Å²) in [5, 5.41) is 3.32.